The van der Waals surface area contributed by atoms with Crippen LogP contribution in [-0.4, -0.2) is 52.8 Å². The number of carbonyl (C=O) groups excluding carboxylic acids is 1. The van der Waals surface area contributed by atoms with Crippen molar-refractivity contribution in [3.05, 3.63) is 65.2 Å². The van der Waals surface area contributed by atoms with Gasteiger partial charge in [-0.3, -0.25) is 9.69 Å². The lowest BCUT2D eigenvalue weighted by Gasteiger charge is -2.65. The number of aryl methyl sites for hydroxylation is 1. The summed E-state index contributed by atoms with van der Waals surface area (Å²) in [5, 5.41) is 13.9. The summed E-state index contributed by atoms with van der Waals surface area (Å²) < 4.78 is 7.11. The van der Waals surface area contributed by atoms with Crippen molar-refractivity contribution >= 4 is 5.91 Å². The fourth-order valence-corrected chi connectivity index (χ4v) is 8.06. The zero-order chi connectivity index (χ0) is 23.6. The predicted octanol–water partition coefficient (Wildman–Crippen LogP) is 4.11. The van der Waals surface area contributed by atoms with E-state index in [9.17, 15) is 9.90 Å². The van der Waals surface area contributed by atoms with E-state index >= 15 is 0 Å². The fraction of sp³-hybridized carbons (Fsp3) is 0.567. The van der Waals surface area contributed by atoms with Crippen LogP contribution < -0.4 is 5.32 Å². The molecular formula is C30H36N2O3. The second-order valence-electron chi connectivity index (χ2n) is 11.8. The molecule has 7 rings (SSSR count). The van der Waals surface area contributed by atoms with Crippen molar-refractivity contribution in [1.82, 2.24) is 10.2 Å². The topological polar surface area (TPSA) is 61.8 Å². The summed E-state index contributed by atoms with van der Waals surface area (Å²) in [5.41, 5.74) is 3.50. The molecule has 1 spiro atoms. The second-order valence-corrected chi connectivity index (χ2v) is 11.8. The molecule has 1 amide bonds. The number of piperidine rings is 1. The molecule has 0 radical (unpaired) electrons. The maximum Gasteiger partial charge on any atom is 0.220 e. The maximum atomic E-state index is 13.1. The van der Waals surface area contributed by atoms with Gasteiger partial charge in [0.25, 0.3) is 0 Å². The Bertz CT molecular complexity index is 1130. The standard InChI is InChI=1S/C30H36N2O3/c33-23-10-9-22-16-27-30-13-12-26(35-30)25(31-28(34)11-8-20-4-2-1-3-5-20)18-29(30,24(22)17-23)14-15-32(27)19-21-6-7-21/h1-5,9-10,17,21,25-27,33H,6-8,11-16,18-19H2,(H,31,34)/t25-,26?,27+,29+,30-/m0/s1. The molecule has 4 bridgehead atoms. The molecular weight excluding hydrogens is 436 g/mol. The van der Waals surface area contributed by atoms with Crippen LogP contribution >= 0.6 is 0 Å². The fourth-order valence-electron chi connectivity index (χ4n) is 8.06. The summed E-state index contributed by atoms with van der Waals surface area (Å²) in [5.74, 6) is 1.32. The first-order chi connectivity index (χ1) is 17.1. The number of aromatic hydroxyl groups is 1. The van der Waals surface area contributed by atoms with Crippen molar-refractivity contribution in [2.45, 2.75) is 87.0 Å². The monoisotopic (exact) mass is 472 g/mol. The van der Waals surface area contributed by atoms with Gasteiger partial charge in [-0.2, -0.15) is 0 Å². The molecule has 4 fully saturated rings. The number of fused-ring (bicyclic) bond motifs is 2. The summed E-state index contributed by atoms with van der Waals surface area (Å²) in [6.07, 6.45) is 9.10. The van der Waals surface area contributed by atoms with Crippen LogP contribution in [0.2, 0.25) is 0 Å². The van der Waals surface area contributed by atoms with E-state index < -0.39 is 0 Å². The Morgan fingerprint density at radius 1 is 1.11 bits per heavy atom. The van der Waals surface area contributed by atoms with E-state index in [-0.39, 0.29) is 29.1 Å². The van der Waals surface area contributed by atoms with Crippen LogP contribution in [0.3, 0.4) is 0 Å². The highest BCUT2D eigenvalue weighted by Crippen LogP contribution is 2.63. The number of hydrogen-bond acceptors (Lipinski definition) is 4. The van der Waals surface area contributed by atoms with Gasteiger partial charge in [0, 0.05) is 24.4 Å². The van der Waals surface area contributed by atoms with E-state index in [0.717, 1.165) is 51.0 Å². The largest absolute Gasteiger partial charge is 0.508 e. The number of nitrogens with one attached hydrogen (secondary N) is 1. The van der Waals surface area contributed by atoms with Crippen LogP contribution in [0.15, 0.2) is 48.5 Å². The molecule has 5 heteroatoms. The number of nitrogens with zero attached hydrogens (tertiary/aromatic N) is 1. The van der Waals surface area contributed by atoms with Gasteiger partial charge in [-0.05, 0) is 92.7 Å². The van der Waals surface area contributed by atoms with Crippen LogP contribution in [0.4, 0.5) is 0 Å². The summed E-state index contributed by atoms with van der Waals surface area (Å²) in [6.45, 7) is 2.28. The number of phenolic OH excluding ortho intramolecular Hbond substituents is 1. The van der Waals surface area contributed by atoms with Crippen LogP contribution in [0, 0.1) is 5.92 Å². The van der Waals surface area contributed by atoms with Crippen LogP contribution in [-0.2, 0) is 27.8 Å². The van der Waals surface area contributed by atoms with E-state index in [2.05, 4.69) is 28.4 Å². The normalized spacial score (nSPS) is 35.3. The number of phenols is 1. The molecule has 2 aromatic rings. The third-order valence-electron chi connectivity index (χ3n) is 9.84. The lowest BCUT2D eigenvalue weighted by Crippen LogP contribution is -2.74. The van der Waals surface area contributed by atoms with Crippen LogP contribution in [0.1, 0.15) is 61.6 Å². The zero-order valence-electron chi connectivity index (χ0n) is 20.4. The predicted molar refractivity (Wildman–Crippen MR) is 134 cm³/mol. The Kier molecular flexibility index (Phi) is 5.05. The molecule has 35 heavy (non-hydrogen) atoms. The third-order valence-corrected chi connectivity index (χ3v) is 9.84. The molecule has 5 aliphatic rings. The Morgan fingerprint density at radius 2 is 1.97 bits per heavy atom. The zero-order valence-corrected chi connectivity index (χ0v) is 20.4. The molecule has 5 atom stereocenters. The Balaban J connectivity index is 1.18. The molecule has 0 aromatic heterocycles. The minimum atomic E-state index is -0.198. The summed E-state index contributed by atoms with van der Waals surface area (Å²) in [7, 11) is 0. The van der Waals surface area contributed by atoms with Gasteiger partial charge >= 0.3 is 0 Å². The van der Waals surface area contributed by atoms with Crippen LogP contribution in [0.25, 0.3) is 0 Å². The van der Waals surface area contributed by atoms with Gasteiger partial charge in [0.15, 0.2) is 0 Å². The number of ether oxygens (including phenoxy) is 1. The lowest BCUT2D eigenvalue weighted by molar-refractivity contribution is -0.209. The maximum absolute atomic E-state index is 13.1. The minimum Gasteiger partial charge on any atom is -0.508 e. The average Bonchev–Trinajstić information content (AvgIpc) is 3.61. The minimum absolute atomic E-state index is 0.0258. The summed E-state index contributed by atoms with van der Waals surface area (Å²) in [6, 6.07) is 16.7. The van der Waals surface area contributed by atoms with Crippen molar-refractivity contribution in [2.75, 3.05) is 13.1 Å². The summed E-state index contributed by atoms with van der Waals surface area (Å²) in [4.78, 5) is 15.8. The van der Waals surface area contributed by atoms with Crippen molar-refractivity contribution in [1.29, 1.82) is 0 Å². The molecule has 2 N–H and O–H groups in total. The van der Waals surface area contributed by atoms with Gasteiger partial charge in [0.05, 0.1) is 17.7 Å². The van der Waals surface area contributed by atoms with E-state index in [0.29, 0.717) is 18.2 Å². The van der Waals surface area contributed by atoms with Gasteiger partial charge in [-0.25, -0.2) is 0 Å². The molecule has 184 valence electrons. The Hall–Kier alpha value is -2.37. The number of rotatable bonds is 6. The number of amides is 1. The SMILES string of the molecule is O=C(CCc1ccccc1)N[C@H]1C[C@]23CCN(CC4CC4)[C@H](Cc4ccc(O)cc42)[C@@]32CCC1O2. The number of hydrogen-bond donors (Lipinski definition) is 2. The van der Waals surface area contributed by atoms with Gasteiger partial charge < -0.3 is 15.2 Å². The summed E-state index contributed by atoms with van der Waals surface area (Å²) >= 11 is 0. The van der Waals surface area contributed by atoms with E-state index in [1.807, 2.05) is 30.3 Å². The second kappa shape index (κ2) is 8.07. The van der Waals surface area contributed by atoms with Gasteiger partial charge in [-0.1, -0.05) is 36.4 Å². The average molecular weight is 473 g/mol. The molecule has 5 nitrogen and oxygen atoms in total. The highest BCUT2D eigenvalue weighted by molar-refractivity contribution is 5.76. The van der Waals surface area contributed by atoms with Gasteiger partial charge in [0.2, 0.25) is 5.91 Å². The van der Waals surface area contributed by atoms with Crippen LogP contribution in [0.5, 0.6) is 5.75 Å². The lowest BCUT2D eigenvalue weighted by atomic mass is 9.51. The number of benzene rings is 2. The molecule has 2 aromatic carbocycles. The van der Waals surface area contributed by atoms with E-state index in [1.54, 1.807) is 0 Å². The van der Waals surface area contributed by atoms with Crippen molar-refractivity contribution in [2.24, 2.45) is 5.92 Å². The van der Waals surface area contributed by atoms with Crippen molar-refractivity contribution < 1.29 is 14.6 Å². The van der Waals surface area contributed by atoms with Crippen molar-refractivity contribution in [3.63, 3.8) is 0 Å². The first-order valence-corrected chi connectivity index (χ1v) is 13.6. The molecule has 3 saturated heterocycles. The van der Waals surface area contributed by atoms with E-state index in [4.69, 9.17) is 4.74 Å². The highest BCUT2D eigenvalue weighted by Gasteiger charge is 2.70. The van der Waals surface area contributed by atoms with Gasteiger partial charge in [0.1, 0.15) is 5.75 Å². The molecule has 2 aliphatic carbocycles. The Morgan fingerprint density at radius 3 is 2.80 bits per heavy atom. The van der Waals surface area contributed by atoms with Crippen molar-refractivity contribution in [3.8, 4) is 5.75 Å². The first-order valence-electron chi connectivity index (χ1n) is 13.6. The first kappa shape index (κ1) is 21.9. The number of carbonyl (C=O) groups is 1. The smallest absolute Gasteiger partial charge is 0.220 e. The van der Waals surface area contributed by atoms with E-state index in [1.165, 1.54) is 36.1 Å². The number of likely N-dealkylation sites (tertiary alicyclic amines) is 1. The molecule has 3 aliphatic heterocycles. The quantitative estimate of drug-likeness (QED) is 0.664. The Labute approximate surface area is 207 Å². The molecule has 1 saturated carbocycles. The molecule has 3 heterocycles. The molecule has 1 unspecified atom stereocenters. The highest BCUT2D eigenvalue weighted by atomic mass is 16.5. The van der Waals surface area contributed by atoms with Gasteiger partial charge in [-0.15, -0.1) is 0 Å². The third kappa shape index (κ3) is 3.46.